The molecule has 0 unspecified atom stereocenters. The Hall–Kier alpha value is -2.10. The van der Waals surface area contributed by atoms with Gasteiger partial charge >= 0.3 is 11.9 Å². The number of rotatable bonds is 3. The molecule has 4 heteroatoms. The number of benzene rings is 1. The van der Waals surface area contributed by atoms with Gasteiger partial charge in [-0.05, 0) is 12.5 Å². The van der Waals surface area contributed by atoms with Crippen LogP contribution in [-0.4, -0.2) is 25.2 Å². The third kappa shape index (κ3) is 2.46. The monoisotopic (exact) mass is 286 g/mol. The Morgan fingerprint density at radius 3 is 2.67 bits per heavy atom. The lowest BCUT2D eigenvalue weighted by molar-refractivity contribution is -0.151. The molecule has 1 fully saturated rings. The van der Waals surface area contributed by atoms with E-state index in [1.54, 1.807) is 6.92 Å². The summed E-state index contributed by atoms with van der Waals surface area (Å²) in [5, 5.41) is 0. The van der Waals surface area contributed by atoms with Crippen molar-refractivity contribution in [1.82, 2.24) is 0 Å². The average Bonchev–Trinajstić information content (AvgIpc) is 2.89. The van der Waals surface area contributed by atoms with E-state index in [1.165, 1.54) is 0 Å². The zero-order chi connectivity index (χ0) is 14.8. The number of allylic oxidation sites excluding steroid dienone is 1. The van der Waals surface area contributed by atoms with E-state index in [9.17, 15) is 9.59 Å². The maximum Gasteiger partial charge on any atom is 0.313 e. The number of hydrogen-bond donors (Lipinski definition) is 0. The smallest absolute Gasteiger partial charge is 0.313 e. The van der Waals surface area contributed by atoms with Gasteiger partial charge in [-0.15, -0.1) is 0 Å². The number of hydrogen-bond acceptors (Lipinski definition) is 4. The first kappa shape index (κ1) is 13.9. The van der Waals surface area contributed by atoms with Gasteiger partial charge in [-0.3, -0.25) is 9.59 Å². The van der Waals surface area contributed by atoms with E-state index in [4.69, 9.17) is 9.47 Å². The number of cyclic esters (lactones) is 1. The molecule has 1 saturated heterocycles. The van der Waals surface area contributed by atoms with Crippen LogP contribution in [0.15, 0.2) is 42.5 Å². The highest BCUT2D eigenvalue weighted by Crippen LogP contribution is 2.43. The van der Waals surface area contributed by atoms with Crippen molar-refractivity contribution in [3.63, 3.8) is 0 Å². The Morgan fingerprint density at radius 2 is 1.95 bits per heavy atom. The lowest BCUT2D eigenvalue weighted by atomic mass is 9.69. The Kier molecular flexibility index (Phi) is 3.78. The topological polar surface area (TPSA) is 52.6 Å². The molecule has 4 atom stereocenters. The first-order chi connectivity index (χ1) is 10.2. The van der Waals surface area contributed by atoms with Crippen LogP contribution in [0.25, 0.3) is 0 Å². The van der Waals surface area contributed by atoms with Crippen LogP contribution >= 0.6 is 0 Å². The largest absolute Gasteiger partial charge is 0.466 e. The van der Waals surface area contributed by atoms with Crippen molar-refractivity contribution >= 4 is 11.9 Å². The summed E-state index contributed by atoms with van der Waals surface area (Å²) in [7, 11) is 0. The van der Waals surface area contributed by atoms with E-state index in [0.29, 0.717) is 13.2 Å². The maximum absolute atomic E-state index is 12.4. The van der Waals surface area contributed by atoms with Gasteiger partial charge in [0.25, 0.3) is 0 Å². The molecule has 2 aliphatic rings. The molecular formula is C17H18O4. The van der Waals surface area contributed by atoms with Crippen LogP contribution in [0, 0.1) is 17.8 Å². The van der Waals surface area contributed by atoms with Gasteiger partial charge in [0.05, 0.1) is 25.0 Å². The van der Waals surface area contributed by atoms with Crippen molar-refractivity contribution in [2.45, 2.75) is 12.8 Å². The molecule has 0 N–H and O–H groups in total. The van der Waals surface area contributed by atoms with Crippen molar-refractivity contribution in [2.24, 2.45) is 17.8 Å². The fourth-order valence-electron chi connectivity index (χ4n) is 3.28. The van der Waals surface area contributed by atoms with Crippen LogP contribution in [0.2, 0.25) is 0 Å². The number of carbonyl (C=O) groups is 2. The zero-order valence-electron chi connectivity index (χ0n) is 11.9. The summed E-state index contributed by atoms with van der Waals surface area (Å²) in [6.45, 7) is 2.43. The minimum Gasteiger partial charge on any atom is -0.466 e. The second-order valence-electron chi connectivity index (χ2n) is 5.42. The highest BCUT2D eigenvalue weighted by atomic mass is 16.5. The molecule has 1 aliphatic carbocycles. The molecule has 0 bridgehead atoms. The summed E-state index contributed by atoms with van der Waals surface area (Å²) in [4.78, 5) is 24.2. The van der Waals surface area contributed by atoms with Crippen molar-refractivity contribution in [2.75, 3.05) is 13.2 Å². The van der Waals surface area contributed by atoms with Gasteiger partial charge in [-0.1, -0.05) is 42.5 Å². The molecule has 1 aliphatic heterocycles. The lowest BCUT2D eigenvalue weighted by Gasteiger charge is -2.32. The van der Waals surface area contributed by atoms with Gasteiger partial charge in [-0.25, -0.2) is 0 Å². The summed E-state index contributed by atoms with van der Waals surface area (Å²) in [6.07, 6.45) is 3.83. The van der Waals surface area contributed by atoms with E-state index in [2.05, 4.69) is 0 Å². The van der Waals surface area contributed by atoms with Crippen molar-refractivity contribution in [3.8, 4) is 0 Å². The van der Waals surface area contributed by atoms with E-state index >= 15 is 0 Å². The minimum atomic E-state index is -0.367. The van der Waals surface area contributed by atoms with Crippen molar-refractivity contribution in [1.29, 1.82) is 0 Å². The summed E-state index contributed by atoms with van der Waals surface area (Å²) >= 11 is 0. The van der Waals surface area contributed by atoms with Crippen LogP contribution in [0.1, 0.15) is 18.4 Å². The molecule has 0 aromatic heterocycles. The molecule has 4 nitrogen and oxygen atoms in total. The molecule has 0 amide bonds. The van der Waals surface area contributed by atoms with Crippen LogP contribution in [0.4, 0.5) is 0 Å². The van der Waals surface area contributed by atoms with E-state index in [1.807, 2.05) is 42.5 Å². The summed E-state index contributed by atoms with van der Waals surface area (Å²) < 4.78 is 10.4. The second kappa shape index (κ2) is 5.72. The minimum absolute atomic E-state index is 0.0685. The number of ether oxygens (including phenoxy) is 2. The predicted octanol–water partition coefficient (Wildman–Crippen LogP) is 2.31. The normalized spacial score (nSPS) is 30.6. The molecule has 0 radical (unpaired) electrons. The lowest BCUT2D eigenvalue weighted by Crippen LogP contribution is -2.37. The third-order valence-corrected chi connectivity index (χ3v) is 4.27. The van der Waals surface area contributed by atoms with Crippen LogP contribution in [0.3, 0.4) is 0 Å². The molecular weight excluding hydrogens is 268 g/mol. The summed E-state index contributed by atoms with van der Waals surface area (Å²) in [5.41, 5.74) is 1.06. The summed E-state index contributed by atoms with van der Waals surface area (Å²) in [6, 6.07) is 9.85. The predicted molar refractivity (Wildman–Crippen MR) is 76.4 cm³/mol. The van der Waals surface area contributed by atoms with Crippen LogP contribution in [0.5, 0.6) is 0 Å². The molecule has 110 valence electrons. The number of carbonyl (C=O) groups excluding carboxylic acids is 2. The first-order valence-electron chi connectivity index (χ1n) is 7.29. The Balaban J connectivity index is 1.97. The zero-order valence-corrected chi connectivity index (χ0v) is 11.9. The van der Waals surface area contributed by atoms with Gasteiger partial charge in [0.2, 0.25) is 0 Å². The van der Waals surface area contributed by atoms with Crippen LogP contribution < -0.4 is 0 Å². The van der Waals surface area contributed by atoms with E-state index in [-0.39, 0.29) is 35.6 Å². The quantitative estimate of drug-likeness (QED) is 0.632. The molecule has 1 aromatic carbocycles. The van der Waals surface area contributed by atoms with Gasteiger partial charge in [0.15, 0.2) is 0 Å². The third-order valence-electron chi connectivity index (χ3n) is 4.27. The molecule has 21 heavy (non-hydrogen) atoms. The average molecular weight is 286 g/mol. The van der Waals surface area contributed by atoms with E-state index in [0.717, 1.165) is 5.56 Å². The SMILES string of the molecule is CCOC(=O)[C@@H]1[C@H]2COC(=O)[C@@H]2C=C[C@@H]1c1ccccc1. The molecule has 0 saturated carbocycles. The van der Waals surface area contributed by atoms with Gasteiger partial charge < -0.3 is 9.47 Å². The maximum atomic E-state index is 12.4. The standard InChI is InChI=1S/C17H18O4/c1-2-20-17(19)15-12(11-6-4-3-5-7-11)8-9-13-14(15)10-21-16(13)18/h3-9,12-15H,2,10H2,1H3/t12-,13-,14+,15+/m1/s1. The molecule has 1 heterocycles. The fourth-order valence-corrected chi connectivity index (χ4v) is 3.28. The van der Waals surface area contributed by atoms with Gasteiger partial charge in [-0.2, -0.15) is 0 Å². The fraction of sp³-hybridized carbons (Fsp3) is 0.412. The Labute approximate surface area is 123 Å². The van der Waals surface area contributed by atoms with Crippen molar-refractivity contribution < 1.29 is 19.1 Å². The molecule has 1 aromatic rings. The van der Waals surface area contributed by atoms with Gasteiger partial charge in [0, 0.05) is 11.8 Å². The molecule has 0 spiro atoms. The Bertz CT molecular complexity index is 563. The molecule has 3 rings (SSSR count). The second-order valence-corrected chi connectivity index (χ2v) is 5.42. The highest BCUT2D eigenvalue weighted by molar-refractivity contribution is 5.82. The number of fused-ring (bicyclic) bond motifs is 1. The van der Waals surface area contributed by atoms with Crippen molar-refractivity contribution in [3.05, 3.63) is 48.0 Å². The van der Waals surface area contributed by atoms with Crippen LogP contribution in [-0.2, 0) is 19.1 Å². The Morgan fingerprint density at radius 1 is 1.24 bits per heavy atom. The van der Waals surface area contributed by atoms with E-state index < -0.39 is 0 Å². The summed E-state index contributed by atoms with van der Waals surface area (Å²) in [5.74, 6) is -1.37. The van der Waals surface area contributed by atoms with Gasteiger partial charge in [0.1, 0.15) is 0 Å². The number of esters is 2. The first-order valence-corrected chi connectivity index (χ1v) is 7.29. The highest BCUT2D eigenvalue weighted by Gasteiger charge is 2.49.